The number of nitrogens with zero attached hydrogens (tertiary/aromatic N) is 3. The number of ether oxygens (including phenoxy) is 1. The fourth-order valence-corrected chi connectivity index (χ4v) is 1.51. The van der Waals surface area contributed by atoms with E-state index in [4.69, 9.17) is 4.74 Å². The van der Waals surface area contributed by atoms with E-state index in [1.165, 1.54) is 0 Å². The Bertz CT molecular complexity index is 333. The average molecular weight is 215 g/mol. The van der Waals surface area contributed by atoms with Crippen LogP contribution < -0.4 is 4.90 Å². The summed E-state index contributed by atoms with van der Waals surface area (Å²) in [6, 6.07) is -0.393. The fourth-order valence-electron chi connectivity index (χ4n) is 1.51. The number of hydrogen-bond acceptors (Lipinski definition) is 4. The van der Waals surface area contributed by atoms with Gasteiger partial charge in [0.2, 0.25) is 5.95 Å². The smallest absolute Gasteiger partial charge is 0.225 e. The van der Waals surface area contributed by atoms with Crippen LogP contribution in [0.2, 0.25) is 0 Å². The number of halogens is 2. The van der Waals surface area contributed by atoms with Crippen molar-refractivity contribution >= 4 is 5.95 Å². The Morgan fingerprint density at radius 3 is 2.60 bits per heavy atom. The van der Waals surface area contributed by atoms with Crippen molar-refractivity contribution in [2.75, 3.05) is 25.2 Å². The van der Waals surface area contributed by atoms with Gasteiger partial charge in [-0.15, -0.1) is 0 Å². The van der Waals surface area contributed by atoms with Gasteiger partial charge in [0.15, 0.2) is 5.82 Å². The van der Waals surface area contributed by atoms with E-state index < -0.39 is 18.0 Å². The van der Waals surface area contributed by atoms with Gasteiger partial charge in [-0.05, 0) is 0 Å². The monoisotopic (exact) mass is 215 g/mol. The first kappa shape index (κ1) is 10.2. The van der Waals surface area contributed by atoms with Crippen LogP contribution in [0.4, 0.5) is 14.7 Å². The summed E-state index contributed by atoms with van der Waals surface area (Å²) in [6.07, 6.45) is 1.06. The summed E-state index contributed by atoms with van der Waals surface area (Å²) in [4.78, 5) is 9.12. The lowest BCUT2D eigenvalue weighted by Crippen LogP contribution is -2.39. The third-order valence-corrected chi connectivity index (χ3v) is 2.40. The van der Waals surface area contributed by atoms with Crippen molar-refractivity contribution in [3.8, 4) is 0 Å². The fraction of sp³-hybridized carbons (Fsp3) is 0.556. The van der Waals surface area contributed by atoms with Crippen molar-refractivity contribution in [2.24, 2.45) is 0 Å². The zero-order valence-electron chi connectivity index (χ0n) is 8.23. The molecule has 1 fully saturated rings. The molecule has 0 radical (unpaired) electrons. The summed E-state index contributed by atoms with van der Waals surface area (Å²) in [6.45, 7) is 0.397. The Kier molecular flexibility index (Phi) is 2.77. The number of rotatable bonds is 2. The molecule has 0 bridgehead atoms. The first-order chi connectivity index (χ1) is 7.18. The van der Waals surface area contributed by atoms with Gasteiger partial charge >= 0.3 is 0 Å². The largest absolute Gasteiger partial charge is 0.376 e. The molecule has 15 heavy (non-hydrogen) atoms. The van der Waals surface area contributed by atoms with E-state index in [0.717, 1.165) is 12.4 Å². The highest BCUT2D eigenvalue weighted by Gasteiger charge is 2.32. The Hall–Kier alpha value is -1.30. The predicted molar refractivity (Wildman–Crippen MR) is 49.9 cm³/mol. The van der Waals surface area contributed by atoms with Crippen LogP contribution in [0.3, 0.4) is 0 Å². The minimum atomic E-state index is -1.05. The van der Waals surface area contributed by atoms with Crippen LogP contribution in [-0.2, 0) is 4.74 Å². The highest BCUT2D eigenvalue weighted by molar-refractivity contribution is 5.30. The van der Waals surface area contributed by atoms with Crippen molar-refractivity contribution in [3.63, 3.8) is 0 Å². The van der Waals surface area contributed by atoms with Crippen molar-refractivity contribution in [1.82, 2.24) is 9.97 Å². The van der Waals surface area contributed by atoms with E-state index >= 15 is 0 Å². The van der Waals surface area contributed by atoms with Crippen LogP contribution in [0.15, 0.2) is 12.4 Å². The molecule has 0 saturated carbocycles. The van der Waals surface area contributed by atoms with Gasteiger partial charge in [0, 0.05) is 7.05 Å². The first-order valence-corrected chi connectivity index (χ1v) is 4.60. The molecule has 4 nitrogen and oxygen atoms in total. The van der Waals surface area contributed by atoms with Crippen LogP contribution in [0.1, 0.15) is 0 Å². The quantitative estimate of drug-likeness (QED) is 0.731. The summed E-state index contributed by atoms with van der Waals surface area (Å²) < 4.78 is 30.9. The van der Waals surface area contributed by atoms with E-state index in [0.29, 0.717) is 12.6 Å². The van der Waals surface area contributed by atoms with E-state index in [-0.39, 0.29) is 6.61 Å². The molecule has 0 amide bonds. The minimum Gasteiger partial charge on any atom is -0.376 e. The average Bonchev–Trinajstić information content (AvgIpc) is 2.65. The summed E-state index contributed by atoms with van der Waals surface area (Å²) >= 11 is 0. The van der Waals surface area contributed by atoms with Gasteiger partial charge in [0.25, 0.3) is 0 Å². The summed E-state index contributed by atoms with van der Waals surface area (Å²) in [5, 5.41) is 0. The third-order valence-electron chi connectivity index (χ3n) is 2.40. The molecule has 82 valence electrons. The molecule has 2 rings (SSSR count). The minimum absolute atomic E-state index is 0.0935. The molecule has 6 heteroatoms. The first-order valence-electron chi connectivity index (χ1n) is 4.60. The molecule has 2 atom stereocenters. The van der Waals surface area contributed by atoms with Gasteiger partial charge in [-0.1, -0.05) is 0 Å². The van der Waals surface area contributed by atoms with Gasteiger partial charge in [-0.2, -0.15) is 0 Å². The van der Waals surface area contributed by atoms with E-state index in [9.17, 15) is 8.78 Å². The second-order valence-corrected chi connectivity index (χ2v) is 3.43. The van der Waals surface area contributed by atoms with Crippen molar-refractivity contribution in [2.45, 2.75) is 12.2 Å². The number of likely N-dealkylation sites (N-methyl/N-ethyl adjacent to an activating group) is 1. The second-order valence-electron chi connectivity index (χ2n) is 3.43. The number of aromatic nitrogens is 2. The van der Waals surface area contributed by atoms with Crippen LogP contribution in [-0.4, -0.2) is 42.4 Å². The molecule has 1 saturated heterocycles. The molecule has 2 unspecified atom stereocenters. The van der Waals surface area contributed by atoms with Crippen molar-refractivity contribution in [1.29, 1.82) is 0 Å². The van der Waals surface area contributed by atoms with Gasteiger partial charge in [-0.3, -0.25) is 0 Å². The highest BCUT2D eigenvalue weighted by atomic mass is 19.1. The molecule has 0 aliphatic carbocycles. The molecule has 0 N–H and O–H groups in total. The van der Waals surface area contributed by atoms with Crippen LogP contribution in [0.25, 0.3) is 0 Å². The highest BCUT2D eigenvalue weighted by Crippen LogP contribution is 2.18. The predicted octanol–water partition coefficient (Wildman–Crippen LogP) is 0.789. The molecule has 2 heterocycles. The molecule has 0 spiro atoms. The maximum atomic E-state index is 13.3. The molecular formula is C9H11F2N3O. The zero-order chi connectivity index (χ0) is 10.8. The van der Waals surface area contributed by atoms with Gasteiger partial charge in [0.1, 0.15) is 6.17 Å². The molecular weight excluding hydrogens is 204 g/mol. The summed E-state index contributed by atoms with van der Waals surface area (Å²) in [7, 11) is 1.67. The molecule has 0 aromatic carbocycles. The van der Waals surface area contributed by atoms with Gasteiger partial charge in [0.05, 0.1) is 31.6 Å². The second kappa shape index (κ2) is 4.06. The van der Waals surface area contributed by atoms with Crippen LogP contribution in [0.5, 0.6) is 0 Å². The molecule has 1 aromatic heterocycles. The standard InChI is InChI=1S/C9H11F2N3O/c1-14(8-5-15-4-7(8)11)9-12-2-6(10)3-13-9/h2-3,7-8H,4-5H2,1H3. The lowest BCUT2D eigenvalue weighted by molar-refractivity contribution is 0.173. The Morgan fingerprint density at radius 2 is 2.07 bits per heavy atom. The Labute approximate surface area is 85.9 Å². The summed E-state index contributed by atoms with van der Waals surface area (Å²) in [5.74, 6) is -0.207. The zero-order valence-corrected chi connectivity index (χ0v) is 8.23. The Balaban J connectivity index is 2.13. The third kappa shape index (κ3) is 2.04. The molecule has 1 aliphatic rings. The van der Waals surface area contributed by atoms with E-state index in [1.54, 1.807) is 11.9 Å². The van der Waals surface area contributed by atoms with Crippen molar-refractivity contribution < 1.29 is 13.5 Å². The summed E-state index contributed by atoms with van der Waals surface area (Å²) in [5.41, 5.74) is 0. The van der Waals surface area contributed by atoms with E-state index in [1.807, 2.05) is 0 Å². The SMILES string of the molecule is CN(c1ncc(F)cn1)C1COCC1F. The van der Waals surface area contributed by atoms with Gasteiger partial charge < -0.3 is 9.64 Å². The number of hydrogen-bond donors (Lipinski definition) is 0. The molecule has 1 aromatic rings. The number of anilines is 1. The van der Waals surface area contributed by atoms with E-state index in [2.05, 4.69) is 9.97 Å². The molecule has 1 aliphatic heterocycles. The van der Waals surface area contributed by atoms with Crippen LogP contribution in [0, 0.1) is 5.82 Å². The van der Waals surface area contributed by atoms with Crippen LogP contribution >= 0.6 is 0 Å². The number of alkyl halides is 1. The Morgan fingerprint density at radius 1 is 1.40 bits per heavy atom. The maximum Gasteiger partial charge on any atom is 0.225 e. The lowest BCUT2D eigenvalue weighted by atomic mass is 10.2. The lowest BCUT2D eigenvalue weighted by Gasteiger charge is -2.24. The normalized spacial score (nSPS) is 25.5. The van der Waals surface area contributed by atoms with Gasteiger partial charge in [-0.25, -0.2) is 18.7 Å². The maximum absolute atomic E-state index is 13.3. The van der Waals surface area contributed by atoms with Crippen molar-refractivity contribution in [3.05, 3.63) is 18.2 Å². The topological polar surface area (TPSA) is 38.2 Å².